The average Bonchev–Trinajstić information content (AvgIpc) is 3.22. The highest BCUT2D eigenvalue weighted by Crippen LogP contribution is 2.31. The number of rotatable bonds is 5. The quantitative estimate of drug-likeness (QED) is 0.265. The van der Waals surface area contributed by atoms with Crippen LogP contribution in [0.1, 0.15) is 16.1 Å². The van der Waals surface area contributed by atoms with Gasteiger partial charge in [0, 0.05) is 17.2 Å². The van der Waals surface area contributed by atoms with Crippen molar-refractivity contribution in [1.29, 1.82) is 0 Å². The first kappa shape index (κ1) is 19.4. The molecule has 0 spiro atoms. The fourth-order valence-electron chi connectivity index (χ4n) is 3.02. The summed E-state index contributed by atoms with van der Waals surface area (Å²) in [5.41, 5.74) is 3.30. The van der Waals surface area contributed by atoms with Crippen LogP contribution in [0.25, 0.3) is 22.1 Å². The van der Waals surface area contributed by atoms with Crippen LogP contribution in [0.3, 0.4) is 0 Å². The fraction of sp³-hybridized carbons (Fsp3) is 0. The number of nitro benzene ring substituents is 1. The minimum absolute atomic E-state index is 0.0493. The van der Waals surface area contributed by atoms with Crippen LogP contribution in [0.4, 0.5) is 5.69 Å². The number of carbonyl (C=O) groups is 1. The fourth-order valence-corrected chi connectivity index (χ4v) is 3.21. The summed E-state index contributed by atoms with van der Waals surface area (Å²) >= 11 is 5.84. The topological polar surface area (TPSA) is 97.7 Å². The van der Waals surface area contributed by atoms with Crippen molar-refractivity contribution in [2.75, 3.05) is 0 Å². The van der Waals surface area contributed by atoms with Gasteiger partial charge in [0.05, 0.1) is 11.1 Å². The lowest BCUT2D eigenvalue weighted by Gasteiger charge is -2.04. The van der Waals surface area contributed by atoms with Crippen molar-refractivity contribution in [3.8, 4) is 11.3 Å². The smallest absolute Gasteiger partial charge is 0.288 e. The van der Waals surface area contributed by atoms with E-state index in [-0.39, 0.29) is 16.6 Å². The van der Waals surface area contributed by atoms with Gasteiger partial charge < -0.3 is 4.42 Å². The first-order chi connectivity index (χ1) is 14.5. The van der Waals surface area contributed by atoms with Crippen LogP contribution in [0.2, 0.25) is 5.02 Å². The molecule has 0 radical (unpaired) electrons. The largest absolute Gasteiger partial charge is 0.455 e. The molecule has 1 N–H and O–H groups in total. The standard InChI is InChI=1S/C22H14ClN3O4/c23-19-10-8-15(12-20(19)26(28)29)21-11-9-16(30-21)13-24-25-22(27)18-7-3-5-14-4-1-2-6-17(14)18/h1-13H,(H,25,27)/b24-13-. The Hall–Kier alpha value is -3.97. The maximum absolute atomic E-state index is 12.5. The normalized spacial score (nSPS) is 11.1. The number of nitro groups is 1. The molecule has 0 unspecified atom stereocenters. The lowest BCUT2D eigenvalue weighted by molar-refractivity contribution is -0.384. The summed E-state index contributed by atoms with van der Waals surface area (Å²) in [6.45, 7) is 0. The van der Waals surface area contributed by atoms with E-state index in [1.807, 2.05) is 36.4 Å². The van der Waals surface area contributed by atoms with Crippen LogP contribution in [0.15, 0.2) is 82.3 Å². The van der Waals surface area contributed by atoms with Crippen molar-refractivity contribution >= 4 is 40.2 Å². The molecule has 0 aliphatic carbocycles. The molecule has 0 saturated heterocycles. The molecule has 1 aromatic heterocycles. The molecule has 30 heavy (non-hydrogen) atoms. The molecular formula is C22H14ClN3O4. The van der Waals surface area contributed by atoms with Gasteiger partial charge in [-0.15, -0.1) is 0 Å². The predicted octanol–water partition coefficient (Wildman–Crippen LogP) is 5.43. The van der Waals surface area contributed by atoms with Crippen molar-refractivity contribution in [1.82, 2.24) is 5.43 Å². The molecular weight excluding hydrogens is 406 g/mol. The average molecular weight is 420 g/mol. The molecule has 4 rings (SSSR count). The molecule has 0 bridgehead atoms. The van der Waals surface area contributed by atoms with Gasteiger partial charge in [0.2, 0.25) is 0 Å². The van der Waals surface area contributed by atoms with E-state index in [9.17, 15) is 14.9 Å². The first-order valence-electron chi connectivity index (χ1n) is 8.88. The van der Waals surface area contributed by atoms with E-state index < -0.39 is 4.92 Å². The number of nitrogens with zero attached hydrogens (tertiary/aromatic N) is 2. The molecule has 148 valence electrons. The van der Waals surface area contributed by atoms with Gasteiger partial charge in [-0.3, -0.25) is 14.9 Å². The Bertz CT molecular complexity index is 1290. The van der Waals surface area contributed by atoms with E-state index in [0.29, 0.717) is 22.6 Å². The first-order valence-corrected chi connectivity index (χ1v) is 9.26. The van der Waals surface area contributed by atoms with Crippen molar-refractivity contribution in [3.05, 3.63) is 99.3 Å². The number of hydrogen-bond acceptors (Lipinski definition) is 5. The maximum Gasteiger partial charge on any atom is 0.288 e. The Labute approximate surface area is 175 Å². The second-order valence-corrected chi connectivity index (χ2v) is 6.76. The van der Waals surface area contributed by atoms with Gasteiger partial charge in [-0.1, -0.05) is 48.0 Å². The van der Waals surface area contributed by atoms with Gasteiger partial charge in [0.25, 0.3) is 11.6 Å². The molecule has 0 saturated carbocycles. The van der Waals surface area contributed by atoms with E-state index in [4.69, 9.17) is 16.0 Å². The number of hydrogen-bond donors (Lipinski definition) is 1. The number of nitrogens with one attached hydrogen (secondary N) is 1. The van der Waals surface area contributed by atoms with Gasteiger partial charge in [-0.2, -0.15) is 5.10 Å². The van der Waals surface area contributed by atoms with Crippen LogP contribution in [-0.4, -0.2) is 17.0 Å². The van der Waals surface area contributed by atoms with E-state index in [1.165, 1.54) is 18.3 Å². The number of amides is 1. The summed E-state index contributed by atoms with van der Waals surface area (Å²) in [5, 5.41) is 16.8. The van der Waals surface area contributed by atoms with Crippen molar-refractivity contribution in [3.63, 3.8) is 0 Å². The lowest BCUT2D eigenvalue weighted by atomic mass is 10.0. The van der Waals surface area contributed by atoms with Crippen molar-refractivity contribution < 1.29 is 14.1 Å². The third-order valence-corrected chi connectivity index (χ3v) is 4.77. The minimum Gasteiger partial charge on any atom is -0.455 e. The molecule has 8 heteroatoms. The summed E-state index contributed by atoms with van der Waals surface area (Å²) in [4.78, 5) is 23.0. The Morgan fingerprint density at radius 3 is 2.70 bits per heavy atom. The van der Waals surface area contributed by atoms with Crippen molar-refractivity contribution in [2.45, 2.75) is 0 Å². The molecule has 4 aromatic rings. The number of benzene rings is 3. The van der Waals surface area contributed by atoms with Gasteiger partial charge in [0.1, 0.15) is 16.5 Å². The minimum atomic E-state index is -0.556. The van der Waals surface area contributed by atoms with Gasteiger partial charge in [-0.25, -0.2) is 5.43 Å². The van der Waals surface area contributed by atoms with Gasteiger partial charge in [-0.05, 0) is 41.1 Å². The summed E-state index contributed by atoms with van der Waals surface area (Å²) in [6.07, 6.45) is 1.36. The summed E-state index contributed by atoms with van der Waals surface area (Å²) in [7, 11) is 0. The maximum atomic E-state index is 12.5. The molecule has 0 atom stereocenters. The highest BCUT2D eigenvalue weighted by atomic mass is 35.5. The molecule has 0 aliphatic rings. The number of carbonyl (C=O) groups excluding carboxylic acids is 1. The summed E-state index contributed by atoms with van der Waals surface area (Å²) in [6, 6.07) is 20.7. The van der Waals surface area contributed by atoms with E-state index in [1.54, 1.807) is 24.3 Å². The highest BCUT2D eigenvalue weighted by molar-refractivity contribution is 6.32. The Kier molecular flexibility index (Phi) is 5.28. The van der Waals surface area contributed by atoms with E-state index in [2.05, 4.69) is 10.5 Å². The molecule has 1 amide bonds. The molecule has 0 aliphatic heterocycles. The molecule has 0 fully saturated rings. The van der Waals surface area contributed by atoms with Crippen LogP contribution in [-0.2, 0) is 0 Å². The number of hydrazone groups is 1. The van der Waals surface area contributed by atoms with Crippen LogP contribution in [0.5, 0.6) is 0 Å². The zero-order valence-electron chi connectivity index (χ0n) is 15.4. The summed E-state index contributed by atoms with van der Waals surface area (Å²) < 4.78 is 5.64. The highest BCUT2D eigenvalue weighted by Gasteiger charge is 2.15. The Balaban J connectivity index is 1.49. The van der Waals surface area contributed by atoms with Gasteiger partial charge in [0.15, 0.2) is 0 Å². The second-order valence-electron chi connectivity index (χ2n) is 6.35. The van der Waals surface area contributed by atoms with Crippen LogP contribution < -0.4 is 5.43 Å². The lowest BCUT2D eigenvalue weighted by Crippen LogP contribution is -2.17. The third-order valence-electron chi connectivity index (χ3n) is 4.45. The molecule has 1 heterocycles. The van der Waals surface area contributed by atoms with Gasteiger partial charge >= 0.3 is 0 Å². The Morgan fingerprint density at radius 1 is 1.07 bits per heavy atom. The number of halogens is 1. The van der Waals surface area contributed by atoms with Crippen molar-refractivity contribution in [2.24, 2.45) is 5.10 Å². The SMILES string of the molecule is O=C(N/N=C\c1ccc(-c2ccc(Cl)c([N+](=O)[O-])c2)o1)c1cccc2ccccc12. The van der Waals surface area contributed by atoms with E-state index in [0.717, 1.165) is 10.8 Å². The summed E-state index contributed by atoms with van der Waals surface area (Å²) in [5.74, 6) is 0.445. The molecule has 7 nitrogen and oxygen atoms in total. The van der Waals surface area contributed by atoms with Crippen LogP contribution >= 0.6 is 11.6 Å². The van der Waals surface area contributed by atoms with Crippen LogP contribution in [0, 0.1) is 10.1 Å². The monoisotopic (exact) mass is 419 g/mol. The van der Waals surface area contributed by atoms with E-state index >= 15 is 0 Å². The third kappa shape index (κ3) is 3.92. The Morgan fingerprint density at radius 2 is 1.87 bits per heavy atom. The number of furan rings is 1. The zero-order valence-corrected chi connectivity index (χ0v) is 16.2. The number of fused-ring (bicyclic) bond motifs is 1. The predicted molar refractivity (Wildman–Crippen MR) is 115 cm³/mol. The second kappa shape index (κ2) is 8.18. The zero-order chi connectivity index (χ0) is 21.1. The molecule has 3 aromatic carbocycles.